The van der Waals surface area contributed by atoms with E-state index in [0.717, 1.165) is 16.7 Å². The molecule has 0 aliphatic carbocycles. The summed E-state index contributed by atoms with van der Waals surface area (Å²) in [6, 6.07) is 29.8. The van der Waals surface area contributed by atoms with Crippen LogP contribution >= 0.6 is 31.9 Å². The van der Waals surface area contributed by atoms with E-state index in [4.69, 9.17) is 0 Å². The van der Waals surface area contributed by atoms with E-state index in [1.807, 2.05) is 54.6 Å². The number of aromatic amines is 1. The average Bonchev–Trinajstić information content (AvgIpc) is 3.41. The molecule has 1 heterocycles. The van der Waals surface area contributed by atoms with Crippen molar-refractivity contribution in [1.29, 1.82) is 0 Å². The highest BCUT2D eigenvalue weighted by molar-refractivity contribution is 9.10. The van der Waals surface area contributed by atoms with Gasteiger partial charge in [0.15, 0.2) is 5.82 Å². The Labute approximate surface area is 209 Å². The Morgan fingerprint density at radius 2 is 1.36 bits per heavy atom. The molecule has 2 N–H and O–H groups in total. The second-order valence-electron chi connectivity index (χ2n) is 7.56. The normalized spacial score (nSPS) is 13.3. The summed E-state index contributed by atoms with van der Waals surface area (Å²) in [6.45, 7) is 0. The Bertz CT molecular complexity index is 1040. The van der Waals surface area contributed by atoms with Crippen LogP contribution in [0.3, 0.4) is 0 Å². The van der Waals surface area contributed by atoms with E-state index in [1.165, 1.54) is 0 Å². The maximum atomic E-state index is 13.3. The van der Waals surface area contributed by atoms with E-state index in [2.05, 4.69) is 94.2 Å². The number of hydrogen-bond acceptors (Lipinski definition) is 4. The molecule has 3 aromatic carbocycles. The van der Waals surface area contributed by atoms with E-state index in [1.54, 1.807) is 0 Å². The summed E-state index contributed by atoms with van der Waals surface area (Å²) in [4.78, 5) is 12.9. The van der Waals surface area contributed by atoms with Crippen molar-refractivity contribution in [1.82, 2.24) is 25.9 Å². The van der Waals surface area contributed by atoms with Crippen molar-refractivity contribution in [2.45, 2.75) is 22.7 Å². The van der Waals surface area contributed by atoms with Gasteiger partial charge in [-0.3, -0.25) is 4.79 Å². The van der Waals surface area contributed by atoms with Crippen LogP contribution in [-0.2, 0) is 10.2 Å². The van der Waals surface area contributed by atoms with Gasteiger partial charge in [-0.15, -0.1) is 10.2 Å². The second kappa shape index (κ2) is 10.9. The lowest BCUT2D eigenvalue weighted by Gasteiger charge is -2.41. The van der Waals surface area contributed by atoms with Gasteiger partial charge in [-0.2, -0.15) is 5.21 Å². The van der Waals surface area contributed by atoms with E-state index >= 15 is 0 Å². The number of aromatic nitrogens is 4. The summed E-state index contributed by atoms with van der Waals surface area (Å²) in [6.07, 6.45) is 0.639. The highest BCUT2D eigenvalue weighted by Gasteiger charge is 2.47. The third kappa shape index (κ3) is 4.77. The van der Waals surface area contributed by atoms with Crippen LogP contribution in [0.2, 0.25) is 0 Å². The number of halogens is 2. The lowest BCUT2D eigenvalue weighted by molar-refractivity contribution is -0.121. The molecule has 2 unspecified atom stereocenters. The van der Waals surface area contributed by atoms with Gasteiger partial charge in [0.2, 0.25) is 5.91 Å². The second-order valence-corrected chi connectivity index (χ2v) is 9.46. The van der Waals surface area contributed by atoms with Gasteiger partial charge in [-0.25, -0.2) is 0 Å². The van der Waals surface area contributed by atoms with Gasteiger partial charge >= 0.3 is 0 Å². The zero-order chi connectivity index (χ0) is 23.1. The van der Waals surface area contributed by atoms with Crippen LogP contribution in [0.5, 0.6) is 0 Å². The molecular formula is C25H23Br2N5O. The van der Waals surface area contributed by atoms with E-state index < -0.39 is 11.5 Å². The number of tetrazole rings is 1. The molecular weight excluding hydrogens is 546 g/mol. The minimum atomic E-state index is -0.815. The molecule has 6 nitrogen and oxygen atoms in total. The van der Waals surface area contributed by atoms with Crippen molar-refractivity contribution in [3.8, 4) is 0 Å². The predicted molar refractivity (Wildman–Crippen MR) is 135 cm³/mol. The first kappa shape index (κ1) is 23.3. The number of nitrogens with one attached hydrogen (secondary N) is 2. The highest BCUT2D eigenvalue weighted by atomic mass is 79.9. The van der Waals surface area contributed by atoms with Crippen LogP contribution in [0.25, 0.3) is 0 Å². The maximum Gasteiger partial charge on any atom is 0.234 e. The van der Waals surface area contributed by atoms with Crippen LogP contribution in [0.15, 0.2) is 91.0 Å². The van der Waals surface area contributed by atoms with Gasteiger partial charge in [0.25, 0.3) is 0 Å². The highest BCUT2D eigenvalue weighted by Crippen LogP contribution is 2.47. The fraction of sp³-hybridized carbons (Fsp3) is 0.200. The molecule has 8 heteroatoms. The van der Waals surface area contributed by atoms with Crippen LogP contribution < -0.4 is 5.32 Å². The summed E-state index contributed by atoms with van der Waals surface area (Å²) in [5, 5.41) is 19.0. The van der Waals surface area contributed by atoms with Gasteiger partial charge in [0.1, 0.15) is 6.04 Å². The van der Waals surface area contributed by atoms with Crippen molar-refractivity contribution < 1.29 is 4.79 Å². The molecule has 0 aliphatic heterocycles. The number of rotatable bonds is 9. The third-order valence-corrected chi connectivity index (χ3v) is 7.01. The molecule has 1 aromatic heterocycles. The Morgan fingerprint density at radius 1 is 0.879 bits per heavy atom. The minimum absolute atomic E-state index is 0.142. The fourth-order valence-corrected chi connectivity index (χ4v) is 5.65. The molecule has 0 saturated heterocycles. The third-order valence-electron chi connectivity index (χ3n) is 5.67. The Kier molecular flexibility index (Phi) is 7.67. The molecule has 168 valence electrons. The fourth-order valence-electron chi connectivity index (χ4n) is 4.22. The van der Waals surface area contributed by atoms with Crippen LogP contribution in [0, 0.1) is 0 Å². The number of carbonyl (C=O) groups is 1. The number of hydrogen-bond donors (Lipinski definition) is 2. The van der Waals surface area contributed by atoms with Gasteiger partial charge < -0.3 is 5.32 Å². The van der Waals surface area contributed by atoms with Gasteiger partial charge in [0.05, 0.1) is 10.2 Å². The van der Waals surface area contributed by atoms with Crippen molar-refractivity contribution in [2.75, 3.05) is 5.33 Å². The topological polar surface area (TPSA) is 83.6 Å². The summed E-state index contributed by atoms with van der Waals surface area (Å²) in [5.74, 6) is 0.259. The van der Waals surface area contributed by atoms with Crippen LogP contribution in [-0.4, -0.2) is 36.7 Å². The van der Waals surface area contributed by atoms with Gasteiger partial charge in [-0.05, 0) is 23.1 Å². The maximum absolute atomic E-state index is 13.3. The standard InChI is InChI=1S/C25H23Br2N5O/c26-17-16-21(27)24(33)28-22(23-29-31-32-30-23)25(18-10-4-1-5-11-18,19-12-6-2-7-13-19)20-14-8-3-9-15-20/h1-15,21-22H,16-17H2,(H,28,33)(H,29,30,31,32). The molecule has 1 amide bonds. The first-order chi connectivity index (χ1) is 16.2. The number of H-pyrrole nitrogens is 1. The molecule has 0 spiro atoms. The Balaban J connectivity index is 2.01. The number of alkyl halides is 2. The summed E-state index contributed by atoms with van der Waals surface area (Å²) >= 11 is 6.95. The van der Waals surface area contributed by atoms with Crippen molar-refractivity contribution >= 4 is 37.8 Å². The summed E-state index contributed by atoms with van der Waals surface area (Å²) in [7, 11) is 0. The Hall–Kier alpha value is -2.84. The molecule has 0 aliphatic rings. The lowest BCUT2D eigenvalue weighted by Crippen LogP contribution is -2.48. The number of nitrogens with zero attached hydrogens (tertiary/aromatic N) is 3. The molecule has 0 radical (unpaired) electrons. The largest absolute Gasteiger partial charge is 0.343 e. The van der Waals surface area contributed by atoms with Gasteiger partial charge in [-0.1, -0.05) is 128 Å². The van der Waals surface area contributed by atoms with Crippen molar-refractivity contribution in [3.05, 3.63) is 114 Å². The number of amides is 1. The van der Waals surface area contributed by atoms with Crippen molar-refractivity contribution in [2.24, 2.45) is 0 Å². The SMILES string of the molecule is O=C(NC(c1nn[nH]n1)C(c1ccccc1)(c1ccccc1)c1ccccc1)C(Br)CCBr. The Morgan fingerprint density at radius 3 is 1.76 bits per heavy atom. The van der Waals surface area contributed by atoms with E-state index in [9.17, 15) is 4.79 Å². The predicted octanol–water partition coefficient (Wildman–Crippen LogP) is 4.94. The minimum Gasteiger partial charge on any atom is -0.343 e. The van der Waals surface area contributed by atoms with Crippen LogP contribution in [0.1, 0.15) is 35.0 Å². The first-order valence-electron chi connectivity index (χ1n) is 10.6. The first-order valence-corrected chi connectivity index (χ1v) is 12.6. The molecule has 0 fully saturated rings. The van der Waals surface area contributed by atoms with Crippen LogP contribution in [0.4, 0.5) is 0 Å². The monoisotopic (exact) mass is 567 g/mol. The molecule has 4 aromatic rings. The molecule has 4 rings (SSSR count). The quantitative estimate of drug-likeness (QED) is 0.221. The number of carbonyl (C=O) groups excluding carboxylic acids is 1. The zero-order valence-electron chi connectivity index (χ0n) is 17.7. The van der Waals surface area contributed by atoms with Gasteiger partial charge in [0, 0.05) is 5.33 Å². The lowest BCUT2D eigenvalue weighted by atomic mass is 9.64. The smallest absolute Gasteiger partial charge is 0.234 e. The molecule has 0 bridgehead atoms. The number of benzene rings is 3. The van der Waals surface area contributed by atoms with Crippen molar-refractivity contribution in [3.63, 3.8) is 0 Å². The molecule has 0 saturated carbocycles. The van der Waals surface area contributed by atoms with E-state index in [0.29, 0.717) is 17.6 Å². The summed E-state index contributed by atoms with van der Waals surface area (Å²) < 4.78 is 0. The van der Waals surface area contributed by atoms with E-state index in [-0.39, 0.29) is 10.7 Å². The molecule has 33 heavy (non-hydrogen) atoms. The molecule has 2 atom stereocenters. The summed E-state index contributed by atoms with van der Waals surface area (Å²) in [5.41, 5.74) is 2.20. The zero-order valence-corrected chi connectivity index (χ0v) is 20.9. The average molecular weight is 569 g/mol.